The van der Waals surface area contributed by atoms with Crippen molar-refractivity contribution in [1.29, 1.82) is 0 Å². The number of phosphoric acid groups is 2. The fourth-order valence-electron chi connectivity index (χ4n) is 10.5. The maximum absolute atomic E-state index is 13.0. The predicted molar refractivity (Wildman–Crippen MR) is 358 cm³/mol. The van der Waals surface area contributed by atoms with Gasteiger partial charge in [0, 0.05) is 25.7 Å². The Morgan fingerprint density at radius 1 is 0.315 bits per heavy atom. The zero-order chi connectivity index (χ0) is 66.1. The molecule has 19 heteroatoms. The van der Waals surface area contributed by atoms with Crippen LogP contribution in [0.3, 0.4) is 0 Å². The van der Waals surface area contributed by atoms with Crippen molar-refractivity contribution in [1.82, 2.24) is 0 Å². The normalized spacial score (nSPS) is 14.6. The van der Waals surface area contributed by atoms with Gasteiger partial charge in [-0.05, 0) is 49.4 Å². The molecule has 4 unspecified atom stereocenters. The first-order valence-corrected chi connectivity index (χ1v) is 39.2. The molecule has 6 atom stereocenters. The average Bonchev–Trinajstić information content (AvgIpc) is 3.65. The molecule has 528 valence electrons. The fourth-order valence-corrected chi connectivity index (χ4v) is 12.0. The van der Waals surface area contributed by atoms with Crippen LogP contribution in [0, 0.1) is 23.7 Å². The molecule has 0 bridgehead atoms. The summed E-state index contributed by atoms with van der Waals surface area (Å²) in [5.41, 5.74) is 0. The second-order valence-electron chi connectivity index (χ2n) is 26.9. The van der Waals surface area contributed by atoms with Gasteiger partial charge in [-0.25, -0.2) is 9.13 Å². The standard InChI is InChI=1S/C70H136O17P2/c1-9-63(8)49-41-33-28-29-37-45-53-70(75)87-66(57-80-67(72)50-42-34-25-19-15-11-10-13-17-22-30-38-46-60(2)3)59-85-89(78,79)83-55-64(71)54-82-88(76,77)84-58-65(56-81-68(73)51-43-35-27-21-24-32-40-48-62(6)7)86-69(74)52-44-36-26-20-16-12-14-18-23-31-39-47-61(4)5/h60-66,71H,9-59H2,1-8H3,(H,76,77)(H,78,79)/t63?,64?,65-,66-/m1/s1. The maximum atomic E-state index is 13.0. The molecule has 0 aromatic carbocycles. The van der Waals surface area contributed by atoms with Crippen molar-refractivity contribution in [2.24, 2.45) is 23.7 Å². The summed E-state index contributed by atoms with van der Waals surface area (Å²) in [4.78, 5) is 72.5. The predicted octanol–water partition coefficient (Wildman–Crippen LogP) is 19.7. The van der Waals surface area contributed by atoms with Crippen molar-refractivity contribution in [3.8, 4) is 0 Å². The van der Waals surface area contributed by atoms with E-state index in [0.29, 0.717) is 31.6 Å². The molecular weight excluding hydrogens is 1170 g/mol. The Kier molecular flexibility index (Phi) is 58.5. The lowest BCUT2D eigenvalue weighted by molar-refractivity contribution is -0.161. The summed E-state index contributed by atoms with van der Waals surface area (Å²) in [6.45, 7) is 14.1. The van der Waals surface area contributed by atoms with E-state index in [1.807, 2.05) is 0 Å². The second kappa shape index (κ2) is 59.8. The Morgan fingerprint density at radius 2 is 0.539 bits per heavy atom. The van der Waals surface area contributed by atoms with Gasteiger partial charge in [0.25, 0.3) is 0 Å². The van der Waals surface area contributed by atoms with Gasteiger partial charge in [0.05, 0.1) is 26.4 Å². The average molecular weight is 1310 g/mol. The van der Waals surface area contributed by atoms with Crippen LogP contribution >= 0.6 is 15.6 Å². The summed E-state index contributed by atoms with van der Waals surface area (Å²) < 4.78 is 68.3. The van der Waals surface area contributed by atoms with E-state index in [1.165, 1.54) is 141 Å². The highest BCUT2D eigenvalue weighted by molar-refractivity contribution is 7.47. The monoisotopic (exact) mass is 1310 g/mol. The van der Waals surface area contributed by atoms with E-state index >= 15 is 0 Å². The van der Waals surface area contributed by atoms with Crippen molar-refractivity contribution in [3.63, 3.8) is 0 Å². The molecule has 0 aliphatic carbocycles. The van der Waals surface area contributed by atoms with Gasteiger partial charge >= 0.3 is 39.5 Å². The highest BCUT2D eigenvalue weighted by atomic mass is 31.2. The van der Waals surface area contributed by atoms with Gasteiger partial charge in [0.1, 0.15) is 19.3 Å². The molecule has 89 heavy (non-hydrogen) atoms. The van der Waals surface area contributed by atoms with E-state index in [0.717, 1.165) is 114 Å². The molecule has 0 aromatic rings. The number of carbonyl (C=O) groups is 4. The quantitative estimate of drug-likeness (QED) is 0.0222. The van der Waals surface area contributed by atoms with Gasteiger partial charge in [0.15, 0.2) is 12.2 Å². The van der Waals surface area contributed by atoms with Crippen LogP contribution in [0.15, 0.2) is 0 Å². The largest absolute Gasteiger partial charge is 0.472 e. The number of carbonyl (C=O) groups excluding carboxylic acids is 4. The highest BCUT2D eigenvalue weighted by Gasteiger charge is 2.30. The molecule has 0 saturated carbocycles. The van der Waals surface area contributed by atoms with Gasteiger partial charge < -0.3 is 33.8 Å². The third kappa shape index (κ3) is 63.2. The Hall–Kier alpha value is -1.94. The summed E-state index contributed by atoms with van der Waals surface area (Å²) in [6, 6.07) is 0. The highest BCUT2D eigenvalue weighted by Crippen LogP contribution is 2.45. The van der Waals surface area contributed by atoms with Gasteiger partial charge in [-0.2, -0.15) is 0 Å². The first-order valence-electron chi connectivity index (χ1n) is 36.2. The minimum atomic E-state index is -4.95. The van der Waals surface area contributed by atoms with E-state index in [9.17, 15) is 43.2 Å². The number of hydrogen-bond acceptors (Lipinski definition) is 15. The number of rotatable bonds is 67. The summed E-state index contributed by atoms with van der Waals surface area (Å²) in [5, 5.41) is 10.6. The van der Waals surface area contributed by atoms with Crippen LogP contribution in [0.4, 0.5) is 0 Å². The molecule has 0 saturated heterocycles. The van der Waals surface area contributed by atoms with Crippen molar-refractivity contribution in [3.05, 3.63) is 0 Å². The van der Waals surface area contributed by atoms with Crippen LogP contribution in [0.25, 0.3) is 0 Å². The number of ether oxygens (including phenoxy) is 4. The molecular formula is C70H136O17P2. The maximum Gasteiger partial charge on any atom is 0.472 e. The van der Waals surface area contributed by atoms with Crippen LogP contribution in [0.1, 0.15) is 344 Å². The minimum absolute atomic E-state index is 0.102. The lowest BCUT2D eigenvalue weighted by Crippen LogP contribution is -2.30. The van der Waals surface area contributed by atoms with E-state index in [1.54, 1.807) is 0 Å². The summed E-state index contributed by atoms with van der Waals surface area (Å²) >= 11 is 0. The summed E-state index contributed by atoms with van der Waals surface area (Å²) in [6.07, 6.45) is 41.8. The molecule has 0 amide bonds. The number of esters is 4. The molecule has 3 N–H and O–H groups in total. The van der Waals surface area contributed by atoms with Crippen LogP contribution in [0.2, 0.25) is 0 Å². The molecule has 0 fully saturated rings. The zero-order valence-electron chi connectivity index (χ0n) is 58.1. The van der Waals surface area contributed by atoms with E-state index < -0.39 is 97.5 Å². The number of unbranched alkanes of at least 4 members (excludes halogenated alkanes) is 32. The number of hydrogen-bond donors (Lipinski definition) is 3. The van der Waals surface area contributed by atoms with E-state index in [2.05, 4.69) is 55.4 Å². The van der Waals surface area contributed by atoms with Gasteiger partial charge in [-0.1, -0.05) is 293 Å². The fraction of sp³-hybridized carbons (Fsp3) is 0.943. The van der Waals surface area contributed by atoms with Crippen molar-refractivity contribution >= 4 is 39.5 Å². The molecule has 0 heterocycles. The number of aliphatic hydroxyl groups excluding tert-OH is 1. The SMILES string of the molecule is CCC(C)CCCCCCCCC(=O)O[C@H](COC(=O)CCCCCCCCCCCCCCC(C)C)COP(=O)(O)OCC(O)COP(=O)(O)OC[C@@H](COC(=O)CCCCCCCCCC(C)C)OC(=O)CCCCCCCCCCCCCC(C)C. The Balaban J connectivity index is 5.23. The van der Waals surface area contributed by atoms with Crippen molar-refractivity contribution in [2.75, 3.05) is 39.6 Å². The summed E-state index contributed by atoms with van der Waals surface area (Å²) in [7, 11) is -9.90. The topological polar surface area (TPSA) is 237 Å². The first kappa shape index (κ1) is 87.1. The van der Waals surface area contributed by atoms with Crippen molar-refractivity contribution < 1.29 is 80.2 Å². The molecule has 0 rings (SSSR count). The van der Waals surface area contributed by atoms with Gasteiger partial charge in [-0.15, -0.1) is 0 Å². The van der Waals surface area contributed by atoms with Crippen LogP contribution in [-0.4, -0.2) is 96.7 Å². The lowest BCUT2D eigenvalue weighted by atomic mass is 10.00. The Morgan fingerprint density at radius 3 is 0.798 bits per heavy atom. The van der Waals surface area contributed by atoms with Crippen LogP contribution in [-0.2, 0) is 65.4 Å². The Labute approximate surface area is 543 Å². The second-order valence-corrected chi connectivity index (χ2v) is 29.8. The minimum Gasteiger partial charge on any atom is -0.462 e. The first-order chi connectivity index (χ1) is 42.6. The van der Waals surface area contributed by atoms with Crippen LogP contribution < -0.4 is 0 Å². The third-order valence-electron chi connectivity index (χ3n) is 16.4. The summed E-state index contributed by atoms with van der Waals surface area (Å²) in [5.74, 6) is 0.840. The molecule has 0 aromatic heterocycles. The third-order valence-corrected chi connectivity index (χ3v) is 18.3. The molecule has 17 nitrogen and oxygen atoms in total. The van der Waals surface area contributed by atoms with Crippen molar-refractivity contribution in [2.45, 2.75) is 363 Å². The number of aliphatic hydroxyl groups is 1. The van der Waals surface area contributed by atoms with Crippen LogP contribution in [0.5, 0.6) is 0 Å². The Bertz CT molecular complexity index is 1770. The smallest absolute Gasteiger partial charge is 0.462 e. The van der Waals surface area contributed by atoms with Gasteiger partial charge in [-0.3, -0.25) is 37.3 Å². The van der Waals surface area contributed by atoms with E-state index in [-0.39, 0.29) is 25.7 Å². The van der Waals surface area contributed by atoms with Gasteiger partial charge in [0.2, 0.25) is 0 Å². The lowest BCUT2D eigenvalue weighted by Gasteiger charge is -2.21. The van der Waals surface area contributed by atoms with E-state index in [4.69, 9.17) is 37.0 Å². The molecule has 0 spiro atoms. The number of phosphoric ester groups is 2. The molecule has 0 radical (unpaired) electrons. The molecule has 0 aliphatic heterocycles. The molecule has 0 aliphatic rings. The zero-order valence-corrected chi connectivity index (χ0v) is 59.8.